The van der Waals surface area contributed by atoms with E-state index in [0.29, 0.717) is 6.42 Å². The summed E-state index contributed by atoms with van der Waals surface area (Å²) in [4.78, 5) is 11.1. The fourth-order valence-electron chi connectivity index (χ4n) is 1.73. The maximum absolute atomic E-state index is 11.1. The molecule has 0 bridgehead atoms. The van der Waals surface area contributed by atoms with Crippen molar-refractivity contribution < 1.29 is 9.90 Å². The first-order valence-corrected chi connectivity index (χ1v) is 6.65. The highest BCUT2D eigenvalue weighted by molar-refractivity contribution is 9.10. The summed E-state index contributed by atoms with van der Waals surface area (Å²) in [6, 6.07) is 5.36. The molecule has 0 saturated heterocycles. The minimum Gasteiger partial charge on any atom is -0.480 e. The van der Waals surface area contributed by atoms with Crippen molar-refractivity contribution in [3.8, 4) is 0 Å². The van der Waals surface area contributed by atoms with Gasteiger partial charge in [0, 0.05) is 10.2 Å². The number of halogens is 1. The van der Waals surface area contributed by atoms with E-state index in [1.807, 2.05) is 25.1 Å². The first kappa shape index (κ1) is 14.0. The third-order valence-corrected chi connectivity index (χ3v) is 3.15. The van der Waals surface area contributed by atoms with Gasteiger partial charge in [-0.2, -0.15) is 0 Å². The molecule has 0 radical (unpaired) electrons. The molecule has 0 fully saturated rings. The highest BCUT2D eigenvalue weighted by atomic mass is 79.9. The molecule has 0 aliphatic carbocycles. The van der Waals surface area contributed by atoms with Gasteiger partial charge in [0.15, 0.2) is 0 Å². The van der Waals surface area contributed by atoms with Crippen LogP contribution in [-0.2, 0) is 11.2 Å². The third-order valence-electron chi connectivity index (χ3n) is 2.65. The molecule has 17 heavy (non-hydrogen) atoms. The van der Waals surface area contributed by atoms with Crippen LogP contribution < -0.4 is 5.32 Å². The Bertz CT molecular complexity index is 393. The third kappa shape index (κ3) is 4.04. The quantitative estimate of drug-likeness (QED) is 0.842. The fraction of sp³-hybridized carbons (Fsp3) is 0.462. The van der Waals surface area contributed by atoms with E-state index in [2.05, 4.69) is 28.2 Å². The Labute approximate surface area is 110 Å². The topological polar surface area (TPSA) is 49.3 Å². The Morgan fingerprint density at radius 3 is 2.71 bits per heavy atom. The molecule has 0 amide bonds. The predicted octanol–water partition coefficient (Wildman–Crippen LogP) is 3.68. The van der Waals surface area contributed by atoms with E-state index in [9.17, 15) is 4.79 Å². The van der Waals surface area contributed by atoms with Crippen LogP contribution in [0.3, 0.4) is 0 Å². The fourth-order valence-corrected chi connectivity index (χ4v) is 2.14. The molecule has 4 heteroatoms. The van der Waals surface area contributed by atoms with Crippen LogP contribution >= 0.6 is 15.9 Å². The molecule has 1 unspecified atom stereocenters. The molecule has 1 rings (SSSR count). The van der Waals surface area contributed by atoms with Crippen LogP contribution in [0.15, 0.2) is 22.7 Å². The van der Waals surface area contributed by atoms with Gasteiger partial charge in [-0.3, -0.25) is 0 Å². The first-order chi connectivity index (χ1) is 8.08. The molecule has 0 aliphatic heterocycles. The van der Waals surface area contributed by atoms with Crippen molar-refractivity contribution in [1.82, 2.24) is 0 Å². The van der Waals surface area contributed by atoms with Crippen LogP contribution in [0, 0.1) is 0 Å². The number of anilines is 1. The minimum atomic E-state index is -0.795. The zero-order valence-electron chi connectivity index (χ0n) is 10.2. The van der Waals surface area contributed by atoms with E-state index < -0.39 is 12.0 Å². The molecule has 0 heterocycles. The molecule has 0 saturated carbocycles. The smallest absolute Gasteiger partial charge is 0.326 e. The second-order valence-electron chi connectivity index (χ2n) is 3.98. The molecule has 1 aromatic rings. The Morgan fingerprint density at radius 1 is 1.47 bits per heavy atom. The van der Waals surface area contributed by atoms with Crippen LogP contribution in [0.2, 0.25) is 0 Å². The number of carboxylic acid groups (broad SMARTS) is 1. The van der Waals surface area contributed by atoms with Crippen LogP contribution in [0.25, 0.3) is 0 Å². The molecule has 0 spiro atoms. The lowest BCUT2D eigenvalue weighted by Crippen LogP contribution is -2.29. The Hall–Kier alpha value is -1.03. The van der Waals surface area contributed by atoms with Crippen LogP contribution in [0.4, 0.5) is 5.69 Å². The summed E-state index contributed by atoms with van der Waals surface area (Å²) in [7, 11) is 0. The van der Waals surface area contributed by atoms with Crippen molar-refractivity contribution in [3.63, 3.8) is 0 Å². The van der Waals surface area contributed by atoms with Crippen molar-refractivity contribution in [1.29, 1.82) is 0 Å². The van der Waals surface area contributed by atoms with Crippen molar-refractivity contribution in [2.45, 2.75) is 39.2 Å². The van der Waals surface area contributed by atoms with E-state index in [0.717, 1.165) is 28.6 Å². The molecule has 3 nitrogen and oxygen atoms in total. The van der Waals surface area contributed by atoms with Crippen molar-refractivity contribution >= 4 is 27.6 Å². The van der Waals surface area contributed by atoms with E-state index in [4.69, 9.17) is 5.11 Å². The first-order valence-electron chi connectivity index (χ1n) is 5.86. The van der Waals surface area contributed by atoms with Gasteiger partial charge in [-0.15, -0.1) is 0 Å². The largest absolute Gasteiger partial charge is 0.480 e. The molecular formula is C13H18BrNO2. The van der Waals surface area contributed by atoms with Gasteiger partial charge >= 0.3 is 5.97 Å². The SMILES string of the molecule is CCCC(Nc1ccc(Br)cc1CC)C(=O)O. The second kappa shape index (κ2) is 6.64. The van der Waals surface area contributed by atoms with Gasteiger partial charge < -0.3 is 10.4 Å². The summed E-state index contributed by atoms with van der Waals surface area (Å²) in [6.45, 7) is 4.04. The van der Waals surface area contributed by atoms with Crippen molar-refractivity contribution in [2.24, 2.45) is 0 Å². The maximum atomic E-state index is 11.1. The van der Waals surface area contributed by atoms with Gasteiger partial charge in [0.2, 0.25) is 0 Å². The summed E-state index contributed by atoms with van der Waals surface area (Å²) in [5.41, 5.74) is 2.04. The number of hydrogen-bond acceptors (Lipinski definition) is 2. The number of rotatable bonds is 6. The zero-order chi connectivity index (χ0) is 12.8. The van der Waals surface area contributed by atoms with Gasteiger partial charge in [0.1, 0.15) is 6.04 Å². The predicted molar refractivity (Wildman–Crippen MR) is 73.5 cm³/mol. The monoisotopic (exact) mass is 299 g/mol. The molecule has 2 N–H and O–H groups in total. The Kier molecular flexibility index (Phi) is 5.48. The zero-order valence-corrected chi connectivity index (χ0v) is 11.8. The van der Waals surface area contributed by atoms with Crippen molar-refractivity contribution in [3.05, 3.63) is 28.2 Å². The van der Waals surface area contributed by atoms with Gasteiger partial charge in [-0.1, -0.05) is 36.2 Å². The molecule has 1 atom stereocenters. The normalized spacial score (nSPS) is 12.2. The number of benzene rings is 1. The van der Waals surface area contributed by atoms with Crippen molar-refractivity contribution in [2.75, 3.05) is 5.32 Å². The minimum absolute atomic E-state index is 0.508. The number of carboxylic acids is 1. The van der Waals surface area contributed by atoms with Gasteiger partial charge in [0.05, 0.1) is 0 Å². The van der Waals surface area contributed by atoms with E-state index >= 15 is 0 Å². The number of aryl methyl sites for hydroxylation is 1. The summed E-state index contributed by atoms with van der Waals surface area (Å²) in [6.07, 6.45) is 2.36. The lowest BCUT2D eigenvalue weighted by atomic mass is 10.1. The van der Waals surface area contributed by atoms with E-state index in [1.54, 1.807) is 0 Å². The number of carbonyl (C=O) groups is 1. The summed E-state index contributed by atoms with van der Waals surface area (Å²) >= 11 is 3.42. The highest BCUT2D eigenvalue weighted by Gasteiger charge is 2.16. The number of aliphatic carboxylic acids is 1. The van der Waals surface area contributed by atoms with E-state index in [-0.39, 0.29) is 0 Å². The standard InChI is InChI=1S/C13H18BrNO2/c1-3-5-12(13(16)17)15-11-7-6-10(14)8-9(11)4-2/h6-8,12,15H,3-5H2,1-2H3,(H,16,17). The Morgan fingerprint density at radius 2 is 2.18 bits per heavy atom. The molecule has 0 aliphatic rings. The van der Waals surface area contributed by atoms with Gasteiger partial charge in [0.25, 0.3) is 0 Å². The molecular weight excluding hydrogens is 282 g/mol. The summed E-state index contributed by atoms with van der Waals surface area (Å²) in [5.74, 6) is -0.795. The second-order valence-corrected chi connectivity index (χ2v) is 4.89. The Balaban J connectivity index is 2.88. The van der Waals surface area contributed by atoms with E-state index in [1.165, 1.54) is 0 Å². The van der Waals surface area contributed by atoms with Gasteiger partial charge in [-0.05, 0) is 36.6 Å². The van der Waals surface area contributed by atoms with Crippen LogP contribution in [0.1, 0.15) is 32.3 Å². The average Bonchev–Trinajstić information content (AvgIpc) is 2.30. The van der Waals surface area contributed by atoms with Gasteiger partial charge in [-0.25, -0.2) is 4.79 Å². The molecule has 1 aromatic carbocycles. The summed E-state index contributed by atoms with van der Waals surface area (Å²) < 4.78 is 1.02. The van der Waals surface area contributed by atoms with Crippen LogP contribution in [-0.4, -0.2) is 17.1 Å². The summed E-state index contributed by atoms with van der Waals surface area (Å²) in [5, 5.41) is 12.2. The molecule has 94 valence electrons. The number of hydrogen-bond donors (Lipinski definition) is 2. The maximum Gasteiger partial charge on any atom is 0.326 e. The molecule has 0 aromatic heterocycles. The number of nitrogens with one attached hydrogen (secondary N) is 1. The average molecular weight is 300 g/mol. The lowest BCUT2D eigenvalue weighted by molar-refractivity contribution is -0.138. The van der Waals surface area contributed by atoms with Crippen LogP contribution in [0.5, 0.6) is 0 Å². The lowest BCUT2D eigenvalue weighted by Gasteiger charge is -2.17. The highest BCUT2D eigenvalue weighted by Crippen LogP contribution is 2.22.